The Kier molecular flexibility index (Phi) is 5.19. The van der Waals surface area contributed by atoms with Gasteiger partial charge < -0.3 is 10.2 Å². The number of nitrogens with one attached hydrogen (secondary N) is 1. The van der Waals surface area contributed by atoms with Crippen molar-refractivity contribution in [3.63, 3.8) is 0 Å². The van der Waals surface area contributed by atoms with E-state index in [1.165, 1.54) is 17.0 Å². The number of rotatable bonds is 4. The van der Waals surface area contributed by atoms with Gasteiger partial charge in [-0.2, -0.15) is 5.26 Å². The Morgan fingerprint density at radius 2 is 2.15 bits per heavy atom. The van der Waals surface area contributed by atoms with Crippen LogP contribution in [0.3, 0.4) is 0 Å². The number of nitrogens with zero attached hydrogens (tertiary/aromatic N) is 2. The van der Waals surface area contributed by atoms with E-state index in [-0.39, 0.29) is 17.5 Å². The molecule has 1 unspecified atom stereocenters. The molecule has 0 aromatic heterocycles. The fourth-order valence-electron chi connectivity index (χ4n) is 2.95. The van der Waals surface area contributed by atoms with Crippen molar-refractivity contribution in [2.45, 2.75) is 13.0 Å². The number of benzene rings is 2. The molecule has 5 nitrogen and oxygen atoms in total. The largest absolute Gasteiger partial charge is 0.351 e. The van der Waals surface area contributed by atoms with Crippen LogP contribution in [0.25, 0.3) is 0 Å². The van der Waals surface area contributed by atoms with Gasteiger partial charge in [0.15, 0.2) is 0 Å². The minimum Gasteiger partial charge on any atom is -0.351 e. The third kappa shape index (κ3) is 3.84. The molecule has 1 aliphatic heterocycles. The molecule has 2 amide bonds. The Hall–Kier alpha value is -2.91. The van der Waals surface area contributed by atoms with Gasteiger partial charge in [-0.1, -0.05) is 17.7 Å². The van der Waals surface area contributed by atoms with Gasteiger partial charge in [0.05, 0.1) is 11.6 Å². The van der Waals surface area contributed by atoms with E-state index in [0.717, 1.165) is 0 Å². The van der Waals surface area contributed by atoms with Gasteiger partial charge in [0.1, 0.15) is 11.7 Å². The van der Waals surface area contributed by atoms with Gasteiger partial charge in [-0.3, -0.25) is 9.59 Å². The van der Waals surface area contributed by atoms with Crippen LogP contribution in [0.2, 0.25) is 5.02 Å². The molecule has 0 bridgehead atoms. The molecule has 1 fully saturated rings. The van der Waals surface area contributed by atoms with Gasteiger partial charge in [-0.05, 0) is 48.4 Å². The third-order valence-corrected chi connectivity index (χ3v) is 4.42. The summed E-state index contributed by atoms with van der Waals surface area (Å²) in [4.78, 5) is 26.4. The lowest BCUT2D eigenvalue weighted by atomic mass is 10.1. The maximum absolute atomic E-state index is 13.3. The second-order valence-electron chi connectivity index (χ2n) is 5.99. The van der Waals surface area contributed by atoms with Crippen LogP contribution in [-0.2, 0) is 16.1 Å². The maximum atomic E-state index is 13.3. The lowest BCUT2D eigenvalue weighted by Gasteiger charge is -2.17. The summed E-state index contributed by atoms with van der Waals surface area (Å²) in [7, 11) is 0. The molecule has 7 heteroatoms. The molecular weight excluding hydrogens is 357 g/mol. The van der Waals surface area contributed by atoms with Crippen LogP contribution >= 0.6 is 11.6 Å². The highest BCUT2D eigenvalue weighted by atomic mass is 35.5. The number of nitriles is 1. The lowest BCUT2D eigenvalue weighted by molar-refractivity contribution is -0.132. The summed E-state index contributed by atoms with van der Waals surface area (Å²) in [5.41, 5.74) is 1.57. The fourth-order valence-corrected chi connectivity index (χ4v) is 3.19. The highest BCUT2D eigenvalue weighted by molar-refractivity contribution is 6.30. The van der Waals surface area contributed by atoms with E-state index in [1.54, 1.807) is 30.3 Å². The molecular formula is C19H15ClFN3O2. The molecule has 132 valence electrons. The van der Waals surface area contributed by atoms with Crippen LogP contribution in [0.1, 0.15) is 17.5 Å². The van der Waals surface area contributed by atoms with E-state index in [9.17, 15) is 14.0 Å². The summed E-state index contributed by atoms with van der Waals surface area (Å²) in [5, 5.41) is 11.9. The highest BCUT2D eigenvalue weighted by Gasteiger charge is 2.37. The molecule has 1 saturated heterocycles. The number of carbonyl (C=O) groups is 2. The van der Waals surface area contributed by atoms with Crippen molar-refractivity contribution in [1.82, 2.24) is 5.32 Å². The first-order valence-electron chi connectivity index (χ1n) is 8.02. The van der Waals surface area contributed by atoms with Gasteiger partial charge >= 0.3 is 0 Å². The average molecular weight is 372 g/mol. The standard InChI is InChI=1S/C19H15ClFN3O2/c20-14-6-13(7-15(21)9-14)11-23-18(25)17-4-5-24(19(17)26)16-3-1-2-12(8-16)10-22/h1-3,6-9,17H,4-5,11H2,(H,23,25). The van der Waals surface area contributed by atoms with E-state index in [0.29, 0.717) is 29.8 Å². The summed E-state index contributed by atoms with van der Waals surface area (Å²) in [5.74, 6) is -2.00. The maximum Gasteiger partial charge on any atom is 0.239 e. The molecule has 0 radical (unpaired) electrons. The first kappa shape index (κ1) is 17.9. The van der Waals surface area contributed by atoms with Gasteiger partial charge in [-0.25, -0.2) is 4.39 Å². The van der Waals surface area contributed by atoms with Crippen molar-refractivity contribution >= 4 is 29.1 Å². The van der Waals surface area contributed by atoms with E-state index < -0.39 is 17.6 Å². The van der Waals surface area contributed by atoms with E-state index >= 15 is 0 Å². The van der Waals surface area contributed by atoms with Crippen LogP contribution in [0.4, 0.5) is 10.1 Å². The second kappa shape index (κ2) is 7.54. The summed E-state index contributed by atoms with van der Waals surface area (Å²) in [6.07, 6.45) is 0.380. The molecule has 1 aliphatic rings. The molecule has 0 aliphatic carbocycles. The van der Waals surface area contributed by atoms with Crippen molar-refractivity contribution in [2.75, 3.05) is 11.4 Å². The zero-order valence-electron chi connectivity index (χ0n) is 13.7. The fraction of sp³-hybridized carbons (Fsp3) is 0.211. The smallest absolute Gasteiger partial charge is 0.239 e. The molecule has 0 saturated carbocycles. The van der Waals surface area contributed by atoms with Crippen molar-refractivity contribution in [1.29, 1.82) is 5.26 Å². The Morgan fingerprint density at radius 3 is 2.88 bits per heavy atom. The van der Waals surface area contributed by atoms with Crippen LogP contribution < -0.4 is 10.2 Å². The van der Waals surface area contributed by atoms with Crippen molar-refractivity contribution in [2.24, 2.45) is 5.92 Å². The summed E-state index contributed by atoms with van der Waals surface area (Å²) in [6.45, 7) is 0.488. The lowest BCUT2D eigenvalue weighted by Crippen LogP contribution is -2.36. The van der Waals surface area contributed by atoms with Crippen LogP contribution in [0.5, 0.6) is 0 Å². The zero-order chi connectivity index (χ0) is 18.7. The van der Waals surface area contributed by atoms with E-state index in [2.05, 4.69) is 5.32 Å². The highest BCUT2D eigenvalue weighted by Crippen LogP contribution is 2.26. The average Bonchev–Trinajstić information content (AvgIpc) is 3.00. The molecule has 1 heterocycles. The predicted molar refractivity (Wildman–Crippen MR) is 94.9 cm³/mol. The van der Waals surface area contributed by atoms with Crippen LogP contribution in [0.15, 0.2) is 42.5 Å². The number of hydrogen-bond acceptors (Lipinski definition) is 3. The topological polar surface area (TPSA) is 73.2 Å². The molecule has 2 aromatic carbocycles. The molecule has 1 atom stereocenters. The molecule has 0 spiro atoms. The second-order valence-corrected chi connectivity index (χ2v) is 6.43. The number of halogens is 2. The van der Waals surface area contributed by atoms with Crippen LogP contribution in [-0.4, -0.2) is 18.4 Å². The van der Waals surface area contributed by atoms with Crippen molar-refractivity contribution < 1.29 is 14.0 Å². The zero-order valence-corrected chi connectivity index (χ0v) is 14.5. The summed E-state index contributed by atoms with van der Waals surface area (Å²) in [6, 6.07) is 12.7. The van der Waals surface area contributed by atoms with E-state index in [1.807, 2.05) is 6.07 Å². The number of amides is 2. The SMILES string of the molecule is N#Cc1cccc(N2CCC(C(=O)NCc3cc(F)cc(Cl)c3)C2=O)c1. The predicted octanol–water partition coefficient (Wildman–Crippen LogP) is 3.02. The number of anilines is 1. The van der Waals surface area contributed by atoms with Gasteiger partial charge in [0.2, 0.25) is 11.8 Å². The minimum atomic E-state index is -0.801. The monoisotopic (exact) mass is 371 g/mol. The minimum absolute atomic E-state index is 0.0873. The normalized spacial score (nSPS) is 16.4. The van der Waals surface area contributed by atoms with E-state index in [4.69, 9.17) is 16.9 Å². The Morgan fingerprint density at radius 1 is 1.35 bits per heavy atom. The van der Waals surface area contributed by atoms with Gasteiger partial charge in [-0.15, -0.1) is 0 Å². The molecule has 1 N–H and O–H groups in total. The Balaban J connectivity index is 1.65. The summed E-state index contributed by atoms with van der Waals surface area (Å²) < 4.78 is 13.3. The van der Waals surface area contributed by atoms with Crippen molar-refractivity contribution in [3.05, 3.63) is 64.4 Å². The third-order valence-electron chi connectivity index (χ3n) is 4.20. The number of carbonyl (C=O) groups excluding carboxylic acids is 2. The Bertz CT molecular complexity index is 890. The van der Waals surface area contributed by atoms with Crippen LogP contribution in [0, 0.1) is 23.1 Å². The quantitative estimate of drug-likeness (QED) is 0.839. The van der Waals surface area contributed by atoms with Gasteiger partial charge in [0, 0.05) is 23.8 Å². The van der Waals surface area contributed by atoms with Crippen molar-refractivity contribution in [3.8, 4) is 6.07 Å². The number of hydrogen-bond donors (Lipinski definition) is 1. The Labute approximate surface area is 155 Å². The molecule has 26 heavy (non-hydrogen) atoms. The van der Waals surface area contributed by atoms with Gasteiger partial charge in [0.25, 0.3) is 0 Å². The molecule has 3 rings (SSSR count). The summed E-state index contributed by atoms with van der Waals surface area (Å²) >= 11 is 5.79. The first-order valence-corrected chi connectivity index (χ1v) is 8.40. The first-order chi connectivity index (χ1) is 12.5. The molecule has 2 aromatic rings.